The Morgan fingerprint density at radius 2 is 1.84 bits per heavy atom. The smallest absolute Gasteiger partial charge is 0.399 e. The highest BCUT2D eigenvalue weighted by Gasteiger charge is 2.51. The van der Waals surface area contributed by atoms with Gasteiger partial charge in [-0.1, -0.05) is 11.6 Å². The van der Waals surface area contributed by atoms with Gasteiger partial charge in [-0.3, -0.25) is 4.98 Å². The highest BCUT2D eigenvalue weighted by atomic mass is 35.5. The summed E-state index contributed by atoms with van der Waals surface area (Å²) in [6, 6.07) is 1.79. The Hall–Kier alpha value is -0.615. The van der Waals surface area contributed by atoms with Crippen LogP contribution in [0.25, 0.3) is 0 Å². The fourth-order valence-electron chi connectivity index (χ4n) is 1.88. The number of aliphatic hydroxyl groups excluding tert-OH is 1. The summed E-state index contributed by atoms with van der Waals surface area (Å²) in [4.78, 5) is 4.26. The molecule has 0 atom stereocenters. The SMILES string of the molecule is CC1(C)OB(c2cnc(CCO)c(Cl)c2)OC1(C)C. The zero-order valence-electron chi connectivity index (χ0n) is 11.7. The normalized spacial score (nSPS) is 20.8. The van der Waals surface area contributed by atoms with Crippen molar-refractivity contribution in [2.75, 3.05) is 6.61 Å². The van der Waals surface area contributed by atoms with Crippen molar-refractivity contribution in [1.82, 2.24) is 4.98 Å². The van der Waals surface area contributed by atoms with Crippen LogP contribution in [0, 0.1) is 0 Å². The number of hydrogen-bond acceptors (Lipinski definition) is 4. The molecule has 104 valence electrons. The zero-order valence-corrected chi connectivity index (χ0v) is 12.5. The fraction of sp³-hybridized carbons (Fsp3) is 0.615. The van der Waals surface area contributed by atoms with E-state index in [1.165, 1.54) is 0 Å². The summed E-state index contributed by atoms with van der Waals surface area (Å²) in [5, 5.41) is 9.44. The number of hydrogen-bond donors (Lipinski definition) is 1. The first kappa shape index (κ1) is 14.8. The second-order valence-electron chi connectivity index (χ2n) is 5.76. The lowest BCUT2D eigenvalue weighted by atomic mass is 9.80. The maximum Gasteiger partial charge on any atom is 0.496 e. The first-order valence-corrected chi connectivity index (χ1v) is 6.75. The molecule has 6 heteroatoms. The second-order valence-corrected chi connectivity index (χ2v) is 6.17. The van der Waals surface area contributed by atoms with Crippen molar-refractivity contribution in [3.05, 3.63) is 23.0 Å². The Balaban J connectivity index is 2.23. The van der Waals surface area contributed by atoms with Gasteiger partial charge < -0.3 is 14.4 Å². The summed E-state index contributed by atoms with van der Waals surface area (Å²) in [6.45, 7) is 8.04. The van der Waals surface area contributed by atoms with E-state index in [1.54, 1.807) is 12.3 Å². The van der Waals surface area contributed by atoms with Crippen molar-refractivity contribution in [2.24, 2.45) is 0 Å². The second kappa shape index (κ2) is 5.06. The molecule has 4 nitrogen and oxygen atoms in total. The lowest BCUT2D eigenvalue weighted by Gasteiger charge is -2.32. The molecule has 1 aromatic rings. The summed E-state index contributed by atoms with van der Waals surface area (Å²) in [5.41, 5.74) is 0.719. The Bertz CT molecular complexity index is 463. The standard InChI is InChI=1S/C13H19BClNO3/c1-12(2)13(3,4)19-14(18-12)9-7-10(15)11(5-6-17)16-8-9/h7-8,17H,5-6H2,1-4H3. The molecule has 0 unspecified atom stereocenters. The van der Waals surface area contributed by atoms with Crippen LogP contribution in [0.5, 0.6) is 0 Å². The minimum atomic E-state index is -0.460. The van der Waals surface area contributed by atoms with Gasteiger partial charge in [-0.05, 0) is 33.8 Å². The van der Waals surface area contributed by atoms with E-state index in [9.17, 15) is 0 Å². The molecule has 2 heterocycles. The predicted molar refractivity (Wildman–Crippen MR) is 75.8 cm³/mol. The van der Waals surface area contributed by atoms with E-state index in [2.05, 4.69) is 4.98 Å². The molecule has 0 amide bonds. The van der Waals surface area contributed by atoms with Crippen LogP contribution in [0.2, 0.25) is 5.02 Å². The molecule has 1 fully saturated rings. The molecule has 1 aliphatic rings. The Morgan fingerprint density at radius 1 is 1.26 bits per heavy atom. The third-order valence-corrected chi connectivity index (χ3v) is 4.14. The molecule has 0 aliphatic carbocycles. The third kappa shape index (κ3) is 2.79. The number of pyridine rings is 1. The number of aromatic nitrogens is 1. The van der Waals surface area contributed by atoms with Crippen molar-refractivity contribution in [2.45, 2.75) is 45.3 Å². The molecule has 0 saturated carbocycles. The predicted octanol–water partition coefficient (Wildman–Crippen LogP) is 1.57. The molecule has 0 aromatic carbocycles. The molecule has 0 radical (unpaired) electrons. The largest absolute Gasteiger partial charge is 0.496 e. The van der Waals surface area contributed by atoms with Gasteiger partial charge >= 0.3 is 7.12 Å². The fourth-order valence-corrected chi connectivity index (χ4v) is 2.15. The van der Waals surface area contributed by atoms with Crippen molar-refractivity contribution < 1.29 is 14.4 Å². The van der Waals surface area contributed by atoms with Gasteiger partial charge in [-0.15, -0.1) is 0 Å². The highest BCUT2D eigenvalue weighted by Crippen LogP contribution is 2.36. The summed E-state index contributed by atoms with van der Waals surface area (Å²) >= 11 is 6.14. The number of aliphatic hydroxyl groups is 1. The van der Waals surface area contributed by atoms with Gasteiger partial charge in [0.25, 0.3) is 0 Å². The Kier molecular flexibility index (Phi) is 3.93. The average molecular weight is 284 g/mol. The van der Waals surface area contributed by atoms with Crippen molar-refractivity contribution >= 4 is 24.2 Å². The van der Waals surface area contributed by atoms with Crippen molar-refractivity contribution in [1.29, 1.82) is 0 Å². The molecule has 2 rings (SSSR count). The summed E-state index contributed by atoms with van der Waals surface area (Å²) < 4.78 is 11.9. The van der Waals surface area contributed by atoms with Gasteiger partial charge in [0.1, 0.15) is 0 Å². The molecule has 19 heavy (non-hydrogen) atoms. The molecular formula is C13H19BClNO3. The first-order chi connectivity index (χ1) is 8.77. The van der Waals surface area contributed by atoms with Crippen LogP contribution < -0.4 is 5.46 Å². The van der Waals surface area contributed by atoms with Gasteiger partial charge in [0.2, 0.25) is 0 Å². The van der Waals surface area contributed by atoms with Crippen molar-refractivity contribution in [3.8, 4) is 0 Å². The average Bonchev–Trinajstić information content (AvgIpc) is 2.51. The quantitative estimate of drug-likeness (QED) is 0.856. The van der Waals surface area contributed by atoms with E-state index in [4.69, 9.17) is 26.0 Å². The van der Waals surface area contributed by atoms with E-state index in [0.29, 0.717) is 17.1 Å². The highest BCUT2D eigenvalue weighted by molar-refractivity contribution is 6.62. The Labute approximate surface area is 119 Å². The Morgan fingerprint density at radius 3 is 2.32 bits per heavy atom. The maximum absolute atomic E-state index is 8.91. The first-order valence-electron chi connectivity index (χ1n) is 6.37. The molecule has 1 aliphatic heterocycles. The minimum Gasteiger partial charge on any atom is -0.399 e. The van der Waals surface area contributed by atoms with Gasteiger partial charge in [-0.2, -0.15) is 0 Å². The van der Waals surface area contributed by atoms with Crippen LogP contribution in [0.4, 0.5) is 0 Å². The van der Waals surface area contributed by atoms with E-state index < -0.39 is 7.12 Å². The maximum atomic E-state index is 8.91. The van der Waals surface area contributed by atoms with Crippen LogP contribution in [0.15, 0.2) is 12.3 Å². The van der Waals surface area contributed by atoms with E-state index in [1.807, 2.05) is 27.7 Å². The van der Waals surface area contributed by atoms with Gasteiger partial charge in [0, 0.05) is 24.7 Å². The van der Waals surface area contributed by atoms with E-state index in [0.717, 1.165) is 5.46 Å². The number of nitrogens with zero attached hydrogens (tertiary/aromatic N) is 1. The van der Waals surface area contributed by atoms with E-state index in [-0.39, 0.29) is 17.8 Å². The van der Waals surface area contributed by atoms with Crippen LogP contribution in [0.3, 0.4) is 0 Å². The number of halogens is 1. The molecular weight excluding hydrogens is 264 g/mol. The number of rotatable bonds is 3. The zero-order chi connectivity index (χ0) is 14.3. The van der Waals surface area contributed by atoms with Crippen LogP contribution >= 0.6 is 11.6 Å². The lowest BCUT2D eigenvalue weighted by molar-refractivity contribution is 0.00578. The topological polar surface area (TPSA) is 51.6 Å². The van der Waals surface area contributed by atoms with Gasteiger partial charge in [0.15, 0.2) is 0 Å². The molecule has 1 N–H and O–H groups in total. The molecule has 0 bridgehead atoms. The summed E-state index contributed by atoms with van der Waals surface area (Å²) in [5.74, 6) is 0. The monoisotopic (exact) mass is 283 g/mol. The van der Waals surface area contributed by atoms with Gasteiger partial charge in [-0.25, -0.2) is 0 Å². The van der Waals surface area contributed by atoms with Crippen LogP contribution in [-0.4, -0.2) is 35.0 Å². The van der Waals surface area contributed by atoms with Crippen LogP contribution in [-0.2, 0) is 15.7 Å². The summed E-state index contributed by atoms with van der Waals surface area (Å²) in [6.07, 6.45) is 2.14. The molecule has 1 saturated heterocycles. The van der Waals surface area contributed by atoms with Crippen LogP contribution in [0.1, 0.15) is 33.4 Å². The van der Waals surface area contributed by atoms with Crippen molar-refractivity contribution in [3.63, 3.8) is 0 Å². The lowest BCUT2D eigenvalue weighted by Crippen LogP contribution is -2.41. The third-order valence-electron chi connectivity index (χ3n) is 3.81. The van der Waals surface area contributed by atoms with Gasteiger partial charge in [0.05, 0.1) is 21.9 Å². The minimum absolute atomic E-state index is 0.0303. The molecule has 0 spiro atoms. The van der Waals surface area contributed by atoms with E-state index >= 15 is 0 Å². The molecule has 1 aromatic heterocycles. The summed E-state index contributed by atoms with van der Waals surface area (Å²) in [7, 11) is -0.460.